The number of rotatable bonds is 33. The van der Waals surface area contributed by atoms with Gasteiger partial charge in [-0.25, -0.2) is 9.97 Å². The average Bonchev–Trinajstić information content (AvgIpc) is 0.840. The Morgan fingerprint density at radius 1 is 0.837 bits per heavy atom. The molecule has 2 aliphatic carbocycles. The molecule has 498 valence electrons. The summed E-state index contributed by atoms with van der Waals surface area (Å²) in [7, 11) is 2.81. The summed E-state index contributed by atoms with van der Waals surface area (Å²) >= 11 is 6.88. The average molecular weight is 1410 g/mol. The third-order valence-corrected chi connectivity index (χ3v) is 18.0. The number of ketones is 5. The first-order valence-corrected chi connectivity index (χ1v) is 32.6. The number of carbonyl (C=O) groups is 8. The molecule has 0 unspecified atom stereocenters. The summed E-state index contributed by atoms with van der Waals surface area (Å²) in [6, 6.07) is 8.03. The van der Waals surface area contributed by atoms with Gasteiger partial charge in [0.05, 0.1) is 130 Å². The molecule has 3 saturated heterocycles. The second kappa shape index (κ2) is 31.7. The molecule has 92 heavy (non-hydrogen) atoms. The van der Waals surface area contributed by atoms with Crippen LogP contribution in [0.3, 0.4) is 0 Å². The van der Waals surface area contributed by atoms with Crippen LogP contribution in [0.5, 0.6) is 17.2 Å². The number of ether oxygens (including phenoxy) is 10. The van der Waals surface area contributed by atoms with E-state index in [-0.39, 0.29) is 79.1 Å². The second-order valence-corrected chi connectivity index (χ2v) is 24.1. The van der Waals surface area contributed by atoms with E-state index in [1.807, 2.05) is 0 Å². The maximum atomic E-state index is 14.3. The molecule has 0 radical (unpaired) electrons. The number of hydrogen-bond donors (Lipinski definition) is 6. The number of aliphatic hydroxyl groups is 1. The SMILES string of the molecule is COc1cccc2c1C(=O)c1c(O)c3c(c(O)c1C2=O)C[C@@](O)(C(=O)NCC(=O)[C@H](C)NC(=O)[C@H](CC(N)=O)CC(=O)CCOCCOCCOCCOCCCC(=O)c1ccc2nc(CBr)c(CBr)nc2c1)C[C@@H]3O[C@H]1C[C@H]2[C@H](O[C@@H]3[C@@H](OC)OCCN32)[C@H](C)O1. The minimum Gasteiger partial charge on any atom is -0.507 e. The lowest BCUT2D eigenvalue weighted by Crippen LogP contribution is -2.56. The summed E-state index contributed by atoms with van der Waals surface area (Å²) in [5.41, 5.74) is 4.70. The van der Waals surface area contributed by atoms with E-state index in [4.69, 9.17) is 53.1 Å². The highest BCUT2D eigenvalue weighted by atomic mass is 79.9. The van der Waals surface area contributed by atoms with Crippen LogP contribution < -0.4 is 21.1 Å². The maximum Gasteiger partial charge on any atom is 0.252 e. The smallest absolute Gasteiger partial charge is 0.252 e. The molecule has 9 rings (SSSR count). The number of nitrogens with two attached hydrogens (primary N) is 1. The van der Waals surface area contributed by atoms with Gasteiger partial charge < -0.3 is 79.1 Å². The number of fused-ring (bicyclic) bond motifs is 7. The van der Waals surface area contributed by atoms with Gasteiger partial charge in [0.25, 0.3) is 5.91 Å². The predicted molar refractivity (Wildman–Crippen MR) is 330 cm³/mol. The molecule has 27 nitrogen and oxygen atoms in total. The number of methoxy groups -OCH3 is 2. The number of benzene rings is 3. The number of halogens is 2. The van der Waals surface area contributed by atoms with Crippen molar-refractivity contribution in [3.63, 3.8) is 0 Å². The van der Waals surface area contributed by atoms with Gasteiger partial charge in [0.1, 0.15) is 34.7 Å². The number of hydrogen-bond acceptors (Lipinski definition) is 24. The lowest BCUT2D eigenvalue weighted by atomic mass is 9.72. The zero-order valence-corrected chi connectivity index (χ0v) is 54.5. The van der Waals surface area contributed by atoms with E-state index in [2.05, 4.69) is 57.4 Å². The molecule has 1 aromatic heterocycles. The molecular formula is C63H76Br2N6O21. The number of nitrogens with one attached hydrogen (secondary N) is 2. The van der Waals surface area contributed by atoms with Crippen LogP contribution in [0.15, 0.2) is 36.4 Å². The van der Waals surface area contributed by atoms with Gasteiger partial charge in [-0.15, -0.1) is 0 Å². The van der Waals surface area contributed by atoms with Gasteiger partial charge in [0.15, 0.2) is 36.2 Å². The summed E-state index contributed by atoms with van der Waals surface area (Å²) in [6.07, 6.45) is -6.27. The maximum absolute atomic E-state index is 14.3. The van der Waals surface area contributed by atoms with Crippen molar-refractivity contribution in [2.45, 2.75) is 131 Å². The summed E-state index contributed by atoms with van der Waals surface area (Å²) in [6.45, 7) is 5.12. The quantitative estimate of drug-likeness (QED) is 0.0151. The highest BCUT2D eigenvalue weighted by Gasteiger charge is 2.55. The minimum atomic E-state index is -2.52. The van der Waals surface area contributed by atoms with E-state index in [0.29, 0.717) is 74.2 Å². The number of primary amides is 1. The third kappa shape index (κ3) is 15.9. The lowest BCUT2D eigenvalue weighted by Gasteiger charge is -2.43. The van der Waals surface area contributed by atoms with Gasteiger partial charge in [-0.3, -0.25) is 43.3 Å². The highest BCUT2D eigenvalue weighted by Crippen LogP contribution is 2.53. The van der Waals surface area contributed by atoms with Gasteiger partial charge in [-0.05, 0) is 44.5 Å². The largest absolute Gasteiger partial charge is 0.507 e. The summed E-state index contributed by atoms with van der Waals surface area (Å²) in [5.74, 6) is -8.46. The number of carbonyl (C=O) groups excluding carboxylic acids is 8. The fourth-order valence-corrected chi connectivity index (χ4v) is 13.1. The number of alkyl halides is 2. The van der Waals surface area contributed by atoms with E-state index >= 15 is 0 Å². The molecule has 3 aromatic carbocycles. The second-order valence-electron chi connectivity index (χ2n) is 23.0. The van der Waals surface area contributed by atoms with Crippen LogP contribution in [-0.2, 0) is 83.7 Å². The molecule has 4 aromatic rings. The zero-order chi connectivity index (χ0) is 66.0. The number of Topliss-reactive ketones (excluding diaryl/α,β-unsaturated/α-hetero) is 3. The van der Waals surface area contributed by atoms with E-state index in [1.54, 1.807) is 25.1 Å². The molecule has 4 heterocycles. The number of aromatic hydroxyl groups is 2. The number of nitrogens with zero attached hydrogens (tertiary/aromatic N) is 3. The lowest BCUT2D eigenvalue weighted by molar-refractivity contribution is -0.256. The first-order chi connectivity index (χ1) is 44.2. The molecule has 3 amide bonds. The molecule has 0 spiro atoms. The number of phenolic OH excluding ortho intramolecular Hbond substituents is 2. The summed E-state index contributed by atoms with van der Waals surface area (Å²) < 4.78 is 58.2. The first-order valence-electron chi connectivity index (χ1n) is 30.3. The van der Waals surface area contributed by atoms with Gasteiger partial charge >= 0.3 is 0 Å². The van der Waals surface area contributed by atoms with Crippen LogP contribution in [-0.4, -0.2) is 212 Å². The van der Waals surface area contributed by atoms with Crippen molar-refractivity contribution in [3.8, 4) is 17.2 Å². The molecule has 0 bridgehead atoms. The Labute approximate surface area is 546 Å². The fourth-order valence-electron chi connectivity index (χ4n) is 12.2. The van der Waals surface area contributed by atoms with E-state index in [1.165, 1.54) is 39.3 Å². The van der Waals surface area contributed by atoms with Crippen LogP contribution in [0.25, 0.3) is 11.0 Å². The first kappa shape index (κ1) is 70.0. The fraction of sp³-hybridized carbons (Fsp3) is 0.556. The van der Waals surface area contributed by atoms with Gasteiger partial charge in [-0.2, -0.15) is 0 Å². The predicted octanol–water partition coefficient (Wildman–Crippen LogP) is 3.64. The molecule has 29 heteroatoms. The van der Waals surface area contributed by atoms with Crippen molar-refractivity contribution in [1.29, 1.82) is 0 Å². The van der Waals surface area contributed by atoms with Crippen molar-refractivity contribution < 1.29 is 101 Å². The summed E-state index contributed by atoms with van der Waals surface area (Å²) in [4.78, 5) is 119. The minimum absolute atomic E-state index is 0.0103. The summed E-state index contributed by atoms with van der Waals surface area (Å²) in [5, 5.41) is 42.7. The normalized spacial score (nSPS) is 23.1. The number of aromatic nitrogens is 2. The standard InChI is InChI=1S/C63H76Br2N6O21/c1-32(68-59(80)35(25-48(66)75)23-36(72)12-15-86-18-20-88-22-21-87-19-17-85-14-6-8-44(73)34-10-11-39-40(24-34)70-42(30-65)41(29-64)69-39)45(74)31-67-62(81)63(82)27-38-51(57(79)53-52(55(38)77)54(76)37-7-5-9-46(83-3)50(37)56(53)78)47(28-63)91-49-26-43-58(33(2)90-49)92-60-61(84-4)89-16-13-71(43)60/h5,7,9-11,24,32-33,35,43,47,49,58,60-61,77,79,82H,6,8,12-23,25-31H2,1-4H3,(H2,66,75)(H,67,81)(H,68,80)/t32-,33-,35-,43-,47-,49-,58+,60+,61-,63-/m0/s1. The Bertz CT molecular complexity index is 3430. The van der Waals surface area contributed by atoms with E-state index in [0.717, 1.165) is 16.9 Å². The Morgan fingerprint density at radius 3 is 2.18 bits per heavy atom. The van der Waals surface area contributed by atoms with E-state index in [9.17, 15) is 53.7 Å². The van der Waals surface area contributed by atoms with Crippen molar-refractivity contribution >= 4 is 89.5 Å². The van der Waals surface area contributed by atoms with Crippen LogP contribution in [0.2, 0.25) is 0 Å². The van der Waals surface area contributed by atoms with Crippen LogP contribution in [0.4, 0.5) is 0 Å². The van der Waals surface area contributed by atoms with Crippen LogP contribution in [0, 0.1) is 5.92 Å². The molecule has 7 N–H and O–H groups in total. The Balaban J connectivity index is 0.717. The Kier molecular flexibility index (Phi) is 24.2. The van der Waals surface area contributed by atoms with E-state index < -0.39 is 150 Å². The Morgan fingerprint density at radius 2 is 1.51 bits per heavy atom. The molecular weight excluding hydrogens is 1340 g/mol. The molecule has 5 aliphatic rings. The van der Waals surface area contributed by atoms with Crippen LogP contribution >= 0.6 is 31.9 Å². The van der Waals surface area contributed by atoms with Gasteiger partial charge in [-0.1, -0.05) is 44.0 Å². The number of morpholine rings is 1. The molecule has 10 atom stereocenters. The van der Waals surface area contributed by atoms with Crippen molar-refractivity contribution in [3.05, 3.63) is 86.7 Å². The molecule has 3 aliphatic heterocycles. The Hall–Kier alpha value is -6.32. The molecule has 3 fully saturated rings. The van der Waals surface area contributed by atoms with Crippen molar-refractivity contribution in [2.24, 2.45) is 11.7 Å². The van der Waals surface area contributed by atoms with Gasteiger partial charge in [0.2, 0.25) is 17.6 Å². The monoisotopic (exact) mass is 1410 g/mol. The van der Waals surface area contributed by atoms with Crippen molar-refractivity contribution in [2.75, 3.05) is 86.8 Å². The van der Waals surface area contributed by atoms with Gasteiger partial charge in [0, 0.05) is 104 Å². The molecule has 0 saturated carbocycles. The zero-order valence-electron chi connectivity index (χ0n) is 51.4. The number of phenols is 2. The highest BCUT2D eigenvalue weighted by molar-refractivity contribution is 9.09. The topological polar surface area (TPSA) is 369 Å². The van der Waals surface area contributed by atoms with Crippen molar-refractivity contribution in [1.82, 2.24) is 25.5 Å². The number of amides is 3. The van der Waals surface area contributed by atoms with Crippen LogP contribution in [0.1, 0.15) is 130 Å². The third-order valence-electron chi connectivity index (χ3n) is 16.9.